The SMILES string of the molecule is CC(C)Oc1ccccc1N1CCNCC1C.Cl.Cl. The van der Waals surface area contributed by atoms with Gasteiger partial charge in [0.15, 0.2) is 0 Å². The summed E-state index contributed by atoms with van der Waals surface area (Å²) in [5.41, 5.74) is 1.22. The minimum absolute atomic E-state index is 0. The summed E-state index contributed by atoms with van der Waals surface area (Å²) in [6.45, 7) is 9.50. The van der Waals surface area contributed by atoms with Crippen molar-refractivity contribution in [2.75, 3.05) is 24.5 Å². The van der Waals surface area contributed by atoms with Crippen molar-refractivity contribution in [1.29, 1.82) is 0 Å². The molecule has 19 heavy (non-hydrogen) atoms. The number of nitrogens with zero attached hydrogens (tertiary/aromatic N) is 1. The fourth-order valence-corrected chi connectivity index (χ4v) is 2.25. The summed E-state index contributed by atoms with van der Waals surface area (Å²) in [7, 11) is 0. The first kappa shape index (κ1) is 18.4. The van der Waals surface area contributed by atoms with Gasteiger partial charge in [0.1, 0.15) is 5.75 Å². The molecule has 0 amide bonds. The lowest BCUT2D eigenvalue weighted by atomic mass is 10.1. The average molecular weight is 307 g/mol. The molecule has 0 aliphatic carbocycles. The topological polar surface area (TPSA) is 24.5 Å². The molecular weight excluding hydrogens is 283 g/mol. The molecule has 1 aliphatic heterocycles. The first-order valence-electron chi connectivity index (χ1n) is 6.41. The second kappa shape index (κ2) is 8.51. The number of ether oxygens (including phenoxy) is 1. The number of nitrogens with one attached hydrogen (secondary N) is 1. The van der Waals surface area contributed by atoms with E-state index in [-0.39, 0.29) is 30.9 Å². The summed E-state index contributed by atoms with van der Waals surface area (Å²) < 4.78 is 5.88. The van der Waals surface area contributed by atoms with Crippen LogP contribution >= 0.6 is 24.8 Å². The minimum atomic E-state index is 0. The maximum absolute atomic E-state index is 5.88. The van der Waals surface area contributed by atoms with Gasteiger partial charge in [0, 0.05) is 25.7 Å². The van der Waals surface area contributed by atoms with Crippen molar-refractivity contribution in [1.82, 2.24) is 5.32 Å². The van der Waals surface area contributed by atoms with Gasteiger partial charge in [0.25, 0.3) is 0 Å². The van der Waals surface area contributed by atoms with Crippen molar-refractivity contribution in [2.24, 2.45) is 0 Å². The molecule has 1 aromatic carbocycles. The van der Waals surface area contributed by atoms with Crippen molar-refractivity contribution >= 4 is 30.5 Å². The minimum Gasteiger partial charge on any atom is -0.489 e. The van der Waals surface area contributed by atoms with Crippen LogP contribution in [-0.4, -0.2) is 31.8 Å². The van der Waals surface area contributed by atoms with Gasteiger partial charge in [-0.15, -0.1) is 24.8 Å². The summed E-state index contributed by atoms with van der Waals surface area (Å²) in [5, 5.41) is 3.41. The number of hydrogen-bond donors (Lipinski definition) is 1. The molecule has 1 atom stereocenters. The van der Waals surface area contributed by atoms with E-state index < -0.39 is 0 Å². The van der Waals surface area contributed by atoms with Gasteiger partial charge in [-0.05, 0) is 32.9 Å². The van der Waals surface area contributed by atoms with Crippen LogP contribution in [0.4, 0.5) is 5.69 Å². The van der Waals surface area contributed by atoms with Gasteiger partial charge in [-0.2, -0.15) is 0 Å². The predicted octanol–water partition coefficient (Wildman–Crippen LogP) is 3.12. The number of piperazine rings is 1. The van der Waals surface area contributed by atoms with Crippen LogP contribution in [0.2, 0.25) is 0 Å². The number of para-hydroxylation sites is 2. The first-order valence-corrected chi connectivity index (χ1v) is 6.41. The van der Waals surface area contributed by atoms with E-state index in [0.29, 0.717) is 6.04 Å². The monoisotopic (exact) mass is 306 g/mol. The van der Waals surface area contributed by atoms with Crippen molar-refractivity contribution in [2.45, 2.75) is 32.9 Å². The Hall–Kier alpha value is -0.640. The molecule has 2 rings (SSSR count). The Morgan fingerprint density at radius 1 is 1.26 bits per heavy atom. The summed E-state index contributed by atoms with van der Waals surface area (Å²) in [4.78, 5) is 2.42. The number of halogens is 2. The predicted molar refractivity (Wildman–Crippen MR) is 86.4 cm³/mol. The van der Waals surface area contributed by atoms with Gasteiger partial charge < -0.3 is 15.0 Å². The smallest absolute Gasteiger partial charge is 0.142 e. The molecule has 0 bridgehead atoms. The molecule has 3 nitrogen and oxygen atoms in total. The molecule has 1 N–H and O–H groups in total. The second-order valence-electron chi connectivity index (χ2n) is 4.88. The number of hydrogen-bond acceptors (Lipinski definition) is 3. The third-order valence-electron chi connectivity index (χ3n) is 3.04. The fourth-order valence-electron chi connectivity index (χ4n) is 2.25. The molecule has 1 heterocycles. The van der Waals surface area contributed by atoms with Crippen molar-refractivity contribution in [3.63, 3.8) is 0 Å². The van der Waals surface area contributed by atoms with Crippen LogP contribution in [0.15, 0.2) is 24.3 Å². The zero-order chi connectivity index (χ0) is 12.3. The number of anilines is 1. The Kier molecular flexibility index (Phi) is 8.23. The van der Waals surface area contributed by atoms with E-state index in [0.717, 1.165) is 25.4 Å². The molecule has 1 unspecified atom stereocenters. The summed E-state index contributed by atoms with van der Waals surface area (Å²) in [6, 6.07) is 8.84. The lowest BCUT2D eigenvalue weighted by Gasteiger charge is -2.36. The molecule has 5 heteroatoms. The van der Waals surface area contributed by atoms with Crippen LogP contribution in [-0.2, 0) is 0 Å². The van der Waals surface area contributed by atoms with E-state index in [1.807, 2.05) is 6.07 Å². The van der Waals surface area contributed by atoms with Crippen LogP contribution in [0.1, 0.15) is 20.8 Å². The molecule has 1 saturated heterocycles. The van der Waals surface area contributed by atoms with Crippen LogP contribution in [0.5, 0.6) is 5.75 Å². The quantitative estimate of drug-likeness (QED) is 0.928. The van der Waals surface area contributed by atoms with Crippen molar-refractivity contribution in [3.05, 3.63) is 24.3 Å². The largest absolute Gasteiger partial charge is 0.489 e. The van der Waals surface area contributed by atoms with Gasteiger partial charge in [-0.3, -0.25) is 0 Å². The van der Waals surface area contributed by atoms with Gasteiger partial charge in [-0.25, -0.2) is 0 Å². The molecular formula is C14H24Cl2N2O. The number of benzene rings is 1. The molecule has 1 fully saturated rings. The first-order chi connectivity index (χ1) is 8.18. The maximum atomic E-state index is 5.88. The Balaban J connectivity index is 0.00000162. The van der Waals surface area contributed by atoms with Gasteiger partial charge in [0.05, 0.1) is 11.8 Å². The van der Waals surface area contributed by atoms with Crippen LogP contribution < -0.4 is 15.0 Å². The Labute approximate surface area is 128 Å². The molecule has 0 aromatic heterocycles. The lowest BCUT2D eigenvalue weighted by molar-refractivity contribution is 0.242. The molecule has 0 spiro atoms. The normalized spacial score (nSPS) is 18.5. The van der Waals surface area contributed by atoms with Crippen molar-refractivity contribution in [3.8, 4) is 5.75 Å². The Bertz CT molecular complexity index is 374. The maximum Gasteiger partial charge on any atom is 0.142 e. The molecule has 110 valence electrons. The zero-order valence-electron chi connectivity index (χ0n) is 11.8. The highest BCUT2D eigenvalue weighted by atomic mass is 35.5. The van der Waals surface area contributed by atoms with Gasteiger partial charge in [0.2, 0.25) is 0 Å². The zero-order valence-corrected chi connectivity index (χ0v) is 13.4. The number of rotatable bonds is 3. The van der Waals surface area contributed by atoms with Crippen LogP contribution in [0.25, 0.3) is 0 Å². The van der Waals surface area contributed by atoms with E-state index in [1.54, 1.807) is 0 Å². The molecule has 0 radical (unpaired) electrons. The second-order valence-corrected chi connectivity index (χ2v) is 4.88. The highest BCUT2D eigenvalue weighted by molar-refractivity contribution is 5.85. The average Bonchev–Trinajstić information content (AvgIpc) is 2.30. The molecule has 1 aromatic rings. The highest BCUT2D eigenvalue weighted by Crippen LogP contribution is 2.30. The van der Waals surface area contributed by atoms with E-state index in [2.05, 4.69) is 49.2 Å². The van der Waals surface area contributed by atoms with E-state index in [9.17, 15) is 0 Å². The fraction of sp³-hybridized carbons (Fsp3) is 0.571. The summed E-state index contributed by atoms with van der Waals surface area (Å²) in [6.07, 6.45) is 0.217. The highest BCUT2D eigenvalue weighted by Gasteiger charge is 2.21. The summed E-state index contributed by atoms with van der Waals surface area (Å²) in [5.74, 6) is 0.997. The third-order valence-corrected chi connectivity index (χ3v) is 3.04. The van der Waals surface area contributed by atoms with Crippen LogP contribution in [0.3, 0.4) is 0 Å². The van der Waals surface area contributed by atoms with E-state index >= 15 is 0 Å². The molecule has 1 aliphatic rings. The Morgan fingerprint density at radius 2 is 1.95 bits per heavy atom. The Morgan fingerprint density at radius 3 is 2.58 bits per heavy atom. The summed E-state index contributed by atoms with van der Waals surface area (Å²) >= 11 is 0. The standard InChI is InChI=1S/C14H22N2O.2ClH/c1-11(2)17-14-7-5-4-6-13(14)16-9-8-15-10-12(16)3;;/h4-7,11-12,15H,8-10H2,1-3H3;2*1H. The third kappa shape index (κ3) is 4.75. The van der Waals surface area contributed by atoms with Gasteiger partial charge >= 0.3 is 0 Å². The van der Waals surface area contributed by atoms with Crippen molar-refractivity contribution < 1.29 is 4.74 Å². The van der Waals surface area contributed by atoms with Gasteiger partial charge in [-0.1, -0.05) is 12.1 Å². The molecule has 0 saturated carbocycles. The van der Waals surface area contributed by atoms with E-state index in [1.165, 1.54) is 5.69 Å². The lowest BCUT2D eigenvalue weighted by Crippen LogP contribution is -2.50. The van der Waals surface area contributed by atoms with Crippen LogP contribution in [0, 0.1) is 0 Å². The van der Waals surface area contributed by atoms with E-state index in [4.69, 9.17) is 4.74 Å².